The Kier molecular flexibility index (Phi) is 11.1. The van der Waals surface area contributed by atoms with Crippen molar-refractivity contribution in [3.63, 3.8) is 0 Å². The number of benzene rings is 4. The Bertz CT molecular complexity index is 2190. The van der Waals surface area contributed by atoms with Crippen LogP contribution in [0.2, 0.25) is 25.7 Å². The molecule has 0 saturated heterocycles. The molecule has 7 rings (SSSR count). The lowest BCUT2D eigenvalue weighted by Crippen LogP contribution is -2.34. The van der Waals surface area contributed by atoms with E-state index in [1.807, 2.05) is 103 Å². The van der Waals surface area contributed by atoms with Crippen LogP contribution in [-0.4, -0.2) is 45.6 Å². The first-order valence-electron chi connectivity index (χ1n) is 18.4. The van der Waals surface area contributed by atoms with Crippen LogP contribution >= 0.6 is 0 Å². The average molecular weight is 736 g/mol. The lowest BCUT2D eigenvalue weighted by Gasteiger charge is -2.36. The van der Waals surface area contributed by atoms with Gasteiger partial charge in [-0.15, -0.1) is 0 Å². The van der Waals surface area contributed by atoms with Gasteiger partial charge in [-0.25, -0.2) is 14.1 Å². The Morgan fingerprint density at radius 2 is 1.35 bits per heavy atom. The molecule has 3 heterocycles. The van der Waals surface area contributed by atoms with Gasteiger partial charge in [0.15, 0.2) is 0 Å². The van der Waals surface area contributed by atoms with Crippen LogP contribution in [0.3, 0.4) is 0 Å². The van der Waals surface area contributed by atoms with Crippen LogP contribution < -0.4 is 0 Å². The first-order chi connectivity index (χ1) is 26.2. The van der Waals surface area contributed by atoms with E-state index in [1.54, 1.807) is 17.1 Å². The number of hydrogen-bond acceptors (Lipinski definition) is 5. The zero-order valence-electron chi connectivity index (χ0n) is 31.3. The summed E-state index contributed by atoms with van der Waals surface area (Å²) in [6.45, 7) is 10.9. The van der Waals surface area contributed by atoms with Gasteiger partial charge in [0.1, 0.15) is 23.8 Å². The molecule has 0 aliphatic carbocycles. The van der Waals surface area contributed by atoms with Crippen molar-refractivity contribution < 1.29 is 13.9 Å². The molecule has 0 aliphatic heterocycles. The van der Waals surface area contributed by atoms with Gasteiger partial charge in [0.2, 0.25) is 0 Å². The highest BCUT2D eigenvalue weighted by atomic mass is 28.3. The molecule has 54 heavy (non-hydrogen) atoms. The minimum atomic E-state index is -1.23. The van der Waals surface area contributed by atoms with E-state index in [0.29, 0.717) is 43.4 Å². The van der Waals surface area contributed by atoms with Gasteiger partial charge < -0.3 is 14.0 Å². The molecule has 274 valence electrons. The van der Waals surface area contributed by atoms with Gasteiger partial charge in [0, 0.05) is 50.4 Å². The predicted octanol–water partition coefficient (Wildman–Crippen LogP) is 10.2. The number of nitrogens with zero attached hydrogens (tertiary/aromatic N) is 5. The van der Waals surface area contributed by atoms with E-state index in [2.05, 4.69) is 61.0 Å². The van der Waals surface area contributed by atoms with Crippen LogP contribution in [0.5, 0.6) is 0 Å². The van der Waals surface area contributed by atoms with E-state index >= 15 is 4.39 Å². The molecular formula is C45H46FN5O2Si. The van der Waals surface area contributed by atoms with Crippen molar-refractivity contribution in [3.8, 4) is 33.8 Å². The highest BCUT2D eigenvalue weighted by Crippen LogP contribution is 2.40. The fourth-order valence-electron chi connectivity index (χ4n) is 6.68. The Labute approximate surface area is 318 Å². The normalized spacial score (nSPS) is 11.9. The zero-order valence-corrected chi connectivity index (χ0v) is 32.3. The fraction of sp³-hybridized carbons (Fsp3) is 0.222. The van der Waals surface area contributed by atoms with Gasteiger partial charge in [0.25, 0.3) is 0 Å². The maximum Gasteiger partial charge on any atom is 0.143 e. The molecule has 0 unspecified atom stereocenters. The molecule has 7 aromatic rings. The number of halogens is 1. The molecule has 0 fully saturated rings. The third-order valence-electron chi connectivity index (χ3n) is 9.51. The number of ether oxygens (including phenoxy) is 2. The quantitative estimate of drug-likeness (QED) is 0.0596. The van der Waals surface area contributed by atoms with Crippen molar-refractivity contribution in [3.05, 3.63) is 174 Å². The minimum absolute atomic E-state index is 0.323. The van der Waals surface area contributed by atoms with Gasteiger partial charge in [-0.2, -0.15) is 5.10 Å². The largest absolute Gasteiger partial charge is 0.360 e. The van der Waals surface area contributed by atoms with Crippen molar-refractivity contribution in [1.29, 1.82) is 0 Å². The van der Waals surface area contributed by atoms with Crippen molar-refractivity contribution in [1.82, 2.24) is 24.3 Å². The van der Waals surface area contributed by atoms with Crippen molar-refractivity contribution in [2.24, 2.45) is 0 Å². The maximum atomic E-state index is 15.6. The number of rotatable bonds is 15. The number of aryl methyl sites for hydroxylation is 1. The van der Waals surface area contributed by atoms with Crippen molar-refractivity contribution >= 4 is 8.07 Å². The Morgan fingerprint density at radius 1 is 0.704 bits per heavy atom. The van der Waals surface area contributed by atoms with E-state index in [-0.39, 0.29) is 5.82 Å². The van der Waals surface area contributed by atoms with Crippen LogP contribution in [0.4, 0.5) is 4.39 Å². The molecule has 0 amide bonds. The van der Waals surface area contributed by atoms with E-state index < -0.39 is 13.7 Å². The van der Waals surface area contributed by atoms with E-state index in [9.17, 15) is 0 Å². The van der Waals surface area contributed by atoms with Crippen LogP contribution in [0.1, 0.15) is 22.4 Å². The second kappa shape index (κ2) is 16.3. The molecule has 0 radical (unpaired) electrons. The summed E-state index contributed by atoms with van der Waals surface area (Å²) in [7, 11) is -1.23. The molecule has 4 aromatic carbocycles. The Balaban J connectivity index is 1.15. The van der Waals surface area contributed by atoms with E-state index in [0.717, 1.165) is 45.2 Å². The third kappa shape index (κ3) is 8.34. The highest BCUT2D eigenvalue weighted by molar-refractivity contribution is 6.76. The summed E-state index contributed by atoms with van der Waals surface area (Å²) in [5.41, 5.74) is 7.23. The molecule has 0 N–H and O–H groups in total. The molecule has 0 atom stereocenters. The summed E-state index contributed by atoms with van der Waals surface area (Å²) in [5.74, 6) is -0.353. The van der Waals surface area contributed by atoms with E-state index in [1.165, 1.54) is 6.07 Å². The smallest absolute Gasteiger partial charge is 0.143 e. The minimum Gasteiger partial charge on any atom is -0.360 e. The molecule has 0 aliphatic rings. The molecule has 3 aromatic heterocycles. The van der Waals surface area contributed by atoms with Crippen LogP contribution in [0.25, 0.3) is 33.8 Å². The van der Waals surface area contributed by atoms with Crippen LogP contribution in [-0.2, 0) is 28.4 Å². The molecule has 9 heteroatoms. The Morgan fingerprint density at radius 3 is 1.96 bits per heavy atom. The molecule has 0 saturated carbocycles. The lowest BCUT2D eigenvalue weighted by atomic mass is 9.80. The van der Waals surface area contributed by atoms with Gasteiger partial charge in [0.05, 0.1) is 24.3 Å². The SMILES string of the molecule is Cc1cccc(-c2nn(COCC[Si](C)(C)C)cc2-c2ccc(F)c(-c3cn(CCOC(c4ccccc4)(c4ccccc4)c4ccccc4)cn3)c2)n1. The van der Waals surface area contributed by atoms with Crippen molar-refractivity contribution in [2.75, 3.05) is 13.2 Å². The summed E-state index contributed by atoms with van der Waals surface area (Å²) in [6.07, 6.45) is 5.57. The monoisotopic (exact) mass is 735 g/mol. The summed E-state index contributed by atoms with van der Waals surface area (Å²) >= 11 is 0. The number of pyridine rings is 1. The van der Waals surface area contributed by atoms with Gasteiger partial charge in [-0.1, -0.05) is 123 Å². The summed E-state index contributed by atoms with van der Waals surface area (Å²) < 4.78 is 32.4. The first kappa shape index (κ1) is 36.9. The zero-order chi connectivity index (χ0) is 37.5. The third-order valence-corrected chi connectivity index (χ3v) is 11.2. The standard InChI is InChI=1S/C45H46FN5O2Si/c1-34-15-14-22-42(48-34)44-40(30-51(49-44)33-52-27-28-54(2,3)4)35-23-24-41(46)39(29-35)43-31-50(32-47-43)25-26-53-45(36-16-8-5-9-17-36,37-18-10-6-11-19-37)38-20-12-7-13-21-38/h5-24,29-32H,25-28,33H2,1-4H3. The topological polar surface area (TPSA) is 67.0 Å². The fourth-order valence-corrected chi connectivity index (χ4v) is 7.44. The van der Waals surface area contributed by atoms with Crippen LogP contribution in [0.15, 0.2) is 146 Å². The molecular weight excluding hydrogens is 690 g/mol. The number of hydrogen-bond donors (Lipinski definition) is 0. The predicted molar refractivity (Wildman–Crippen MR) is 216 cm³/mol. The molecule has 7 nitrogen and oxygen atoms in total. The first-order valence-corrected chi connectivity index (χ1v) is 22.1. The molecule has 0 spiro atoms. The number of imidazole rings is 1. The Hall–Kier alpha value is -5.48. The second-order valence-electron chi connectivity index (χ2n) is 14.8. The maximum absolute atomic E-state index is 15.6. The summed E-state index contributed by atoms with van der Waals surface area (Å²) in [5, 5.41) is 4.89. The van der Waals surface area contributed by atoms with Gasteiger partial charge in [-0.3, -0.25) is 4.98 Å². The summed E-state index contributed by atoms with van der Waals surface area (Å²) in [4.78, 5) is 9.42. The highest BCUT2D eigenvalue weighted by Gasteiger charge is 2.37. The van der Waals surface area contributed by atoms with Crippen molar-refractivity contribution in [2.45, 2.75) is 51.5 Å². The average Bonchev–Trinajstić information content (AvgIpc) is 3.84. The van der Waals surface area contributed by atoms with Crippen LogP contribution in [0, 0.1) is 12.7 Å². The summed E-state index contributed by atoms with van der Waals surface area (Å²) in [6, 6.07) is 43.0. The van der Waals surface area contributed by atoms with Gasteiger partial charge in [-0.05, 0) is 59.5 Å². The molecule has 0 bridgehead atoms. The number of aromatic nitrogens is 5. The van der Waals surface area contributed by atoms with Gasteiger partial charge >= 0.3 is 0 Å². The second-order valence-corrected chi connectivity index (χ2v) is 20.4. The van der Waals surface area contributed by atoms with E-state index in [4.69, 9.17) is 19.6 Å². The lowest BCUT2D eigenvalue weighted by molar-refractivity contribution is 0.00835.